The third-order valence-corrected chi connectivity index (χ3v) is 13.8. The van der Waals surface area contributed by atoms with Crippen molar-refractivity contribution in [1.29, 1.82) is 5.41 Å². The summed E-state index contributed by atoms with van der Waals surface area (Å²) >= 11 is 29.3. The standard InChI is InChI=1S/C4H7N3.C4H8N2O2.C4H6N2O.C4H6N2S.C4H8O2.C2H3ClO.C2H6N2O.C2H6N2.C2H6O.Cl3OP.H4N2.P2S5/c1-3-5-4(2)7-6-3;1-3(7)5-6-4(2)8;2*1-3-5-6-4(2)7-3;1-3-6-4(2)5;1-2(3)4;1-2(5)4-3;1-2(3)4;1-2-3;1-5(2,3)4;1-2;3-1-2-5-7-6-4/h1-2H3,(H,5,6,7);1-2H3,(H,5,7)(H,6,8);2*1-2H3;3H2,1-2H3;1H3;3H2,1H3,(H,4,5);1H3,(H3,3,4);3H,2H2,1H3;;1-2H2;. The number of aromatic nitrogens is 7. The largest absolute Gasteiger partial charge is 0.466 e. The van der Waals surface area contributed by atoms with Gasteiger partial charge in [0.05, 0.1) is 12.4 Å². The maximum atomic E-state index is 10.0. The van der Waals surface area contributed by atoms with Gasteiger partial charge >= 0.3 is 11.2 Å². The highest BCUT2D eigenvalue weighted by Gasteiger charge is 2.03. The Labute approximate surface area is 424 Å². The van der Waals surface area contributed by atoms with Crippen molar-refractivity contribution in [3.8, 4) is 0 Å². The number of aryl methyl sites for hydroxylation is 6. The molecule has 3 amide bonds. The molecule has 0 unspecified atom stereocenters. The second-order valence-electron chi connectivity index (χ2n) is 9.38. The van der Waals surface area contributed by atoms with E-state index in [2.05, 4.69) is 137 Å². The van der Waals surface area contributed by atoms with Crippen molar-refractivity contribution in [1.82, 2.24) is 51.9 Å². The number of amidine groups is 1. The number of hydrazine groups is 3. The molecule has 0 radical (unpaired) electrons. The Hall–Kier alpha value is -2.21. The van der Waals surface area contributed by atoms with Crippen LogP contribution in [-0.2, 0) is 83.5 Å². The average molecular weight is 1180 g/mol. The first-order chi connectivity index (χ1) is 29.8. The molecule has 3 rings (SSSR count). The van der Waals surface area contributed by atoms with Crippen LogP contribution in [0.4, 0.5) is 0 Å². The Morgan fingerprint density at radius 1 is 0.892 bits per heavy atom. The van der Waals surface area contributed by atoms with Gasteiger partial charge in [-0.3, -0.25) is 67.0 Å². The number of nitrogens with two attached hydrogens (primary N) is 4. The van der Waals surface area contributed by atoms with Crippen LogP contribution in [0.15, 0.2) is 4.42 Å². The van der Waals surface area contributed by atoms with Crippen molar-refractivity contribution in [2.24, 2.45) is 23.3 Å². The van der Waals surface area contributed by atoms with E-state index in [4.69, 9.17) is 20.7 Å². The number of nitrogens with zero attached hydrogens (tertiary/aromatic N) is 6. The van der Waals surface area contributed by atoms with Crippen LogP contribution in [0.1, 0.15) is 88.8 Å². The molecule has 0 aliphatic rings. The number of hydrogen-bond donors (Lipinski definition) is 10. The van der Waals surface area contributed by atoms with Gasteiger partial charge in [0.2, 0.25) is 34.7 Å². The normalized spacial score (nSPS) is 8.22. The van der Waals surface area contributed by atoms with Crippen LogP contribution in [-0.4, -0.2) is 88.7 Å². The number of aliphatic hydroxyl groups is 1. The molecule has 3 heterocycles. The molecule has 0 fully saturated rings. The molecule has 0 aromatic carbocycles. The predicted octanol–water partition coefficient (Wildman–Crippen LogP) is 5.05. The summed E-state index contributed by atoms with van der Waals surface area (Å²) in [5.41, 5.74) is 10.8. The maximum Gasteiger partial charge on any atom is 0.339 e. The lowest BCUT2D eigenvalue weighted by Crippen LogP contribution is -2.38. The van der Waals surface area contributed by atoms with Crippen molar-refractivity contribution in [2.45, 2.75) is 96.9 Å². The number of aliphatic hydroxyl groups excluding tert-OH is 1. The lowest BCUT2D eigenvalue weighted by molar-refractivity contribution is -0.140. The highest BCUT2D eigenvalue weighted by Crippen LogP contribution is 2.61. The van der Waals surface area contributed by atoms with Crippen LogP contribution in [0.2, 0.25) is 0 Å². The summed E-state index contributed by atoms with van der Waals surface area (Å²) in [5.74, 6) is 14.7. The van der Waals surface area contributed by atoms with E-state index >= 15 is 0 Å². The Bertz CT molecular complexity index is 1680. The van der Waals surface area contributed by atoms with E-state index in [1.165, 1.54) is 57.5 Å². The van der Waals surface area contributed by atoms with E-state index in [1.807, 2.05) is 33.1 Å². The molecule has 3 aromatic heterocycles. The summed E-state index contributed by atoms with van der Waals surface area (Å²) in [6.45, 7) is 23.5. The first-order valence-corrected chi connectivity index (χ1v) is 30.7. The highest BCUT2D eigenvalue weighted by atomic mass is 36.0. The van der Waals surface area contributed by atoms with E-state index in [0.717, 1.165) is 28.7 Å². The lowest BCUT2D eigenvalue weighted by Gasteiger charge is -1.97. The van der Waals surface area contributed by atoms with E-state index < -0.39 is 5.20 Å². The third kappa shape index (κ3) is 147. The molecule has 0 saturated carbocycles. The molecule has 24 nitrogen and oxygen atoms in total. The van der Waals surface area contributed by atoms with Crippen LogP contribution >= 0.6 is 75.9 Å². The average Bonchev–Trinajstić information content (AvgIpc) is 3.87. The molecule has 37 heteroatoms. The summed E-state index contributed by atoms with van der Waals surface area (Å²) in [6, 6.07) is 0. The number of aromatic amines is 1. The number of halogens is 4. The first-order valence-electron chi connectivity index (χ1n) is 16.6. The van der Waals surface area contributed by atoms with E-state index in [1.54, 1.807) is 57.4 Å². The highest BCUT2D eigenvalue weighted by molar-refractivity contribution is 8.63. The van der Waals surface area contributed by atoms with Gasteiger partial charge in [0, 0.05) is 69.2 Å². The third-order valence-electron chi connectivity index (χ3n) is 3.05. The zero-order valence-corrected chi connectivity index (χ0v) is 48.5. The fourth-order valence-corrected chi connectivity index (χ4v) is 11.8. The summed E-state index contributed by atoms with van der Waals surface area (Å²) in [5, 5.41) is 33.6. The number of carbonyl (C=O) groups is 5. The monoisotopic (exact) mass is 1180 g/mol. The van der Waals surface area contributed by atoms with Crippen molar-refractivity contribution < 1.29 is 42.8 Å². The van der Waals surface area contributed by atoms with Crippen LogP contribution in [0.3, 0.4) is 0 Å². The molecule has 0 bridgehead atoms. The van der Waals surface area contributed by atoms with E-state index in [0.29, 0.717) is 18.4 Å². The van der Waals surface area contributed by atoms with Crippen LogP contribution in [0, 0.1) is 47.0 Å². The molecule has 380 valence electrons. The van der Waals surface area contributed by atoms with Gasteiger partial charge in [-0.2, -0.15) is 5.10 Å². The number of carbonyl (C=O) groups excluding carboxylic acids is 5. The molecular formula is C28H60Cl4N15O9P3S6. The van der Waals surface area contributed by atoms with Gasteiger partial charge < -0.3 is 20.0 Å². The van der Waals surface area contributed by atoms with Crippen molar-refractivity contribution in [3.63, 3.8) is 0 Å². The van der Waals surface area contributed by atoms with Crippen molar-refractivity contribution in [3.05, 3.63) is 33.4 Å². The summed E-state index contributed by atoms with van der Waals surface area (Å²) in [4.78, 5) is 52.6. The zero-order chi connectivity index (χ0) is 53.6. The van der Waals surface area contributed by atoms with Crippen molar-refractivity contribution >= 4 is 161 Å². The topological polar surface area (TPSA) is 402 Å². The zero-order valence-electron chi connectivity index (χ0n) is 37.9. The minimum absolute atomic E-state index is 0.167. The smallest absolute Gasteiger partial charge is 0.339 e. The van der Waals surface area contributed by atoms with Crippen molar-refractivity contribution in [2.75, 3.05) is 13.2 Å². The van der Waals surface area contributed by atoms with Gasteiger partial charge in [0.15, 0.2) is 0 Å². The quantitative estimate of drug-likeness (QED) is 0.0234. The molecule has 0 atom stereocenters. The number of nitrogens with one attached hydrogen (secondary N) is 5. The van der Waals surface area contributed by atoms with Gasteiger partial charge in [-0.15, -0.1) is 31.7 Å². The predicted molar refractivity (Wildman–Crippen MR) is 278 cm³/mol. The Morgan fingerprint density at radius 3 is 1.34 bits per heavy atom. The minimum Gasteiger partial charge on any atom is -0.466 e. The van der Waals surface area contributed by atoms with Crippen LogP contribution < -0.4 is 39.5 Å². The molecule has 0 aliphatic heterocycles. The van der Waals surface area contributed by atoms with Gasteiger partial charge in [0.1, 0.15) is 21.7 Å². The Kier molecular flexibility index (Phi) is 81.4. The van der Waals surface area contributed by atoms with Gasteiger partial charge in [-0.25, -0.2) is 10.8 Å². The minimum atomic E-state index is -3.22. The molecule has 3 aromatic rings. The van der Waals surface area contributed by atoms with Gasteiger partial charge in [-0.05, 0) is 144 Å². The van der Waals surface area contributed by atoms with Gasteiger partial charge in [-0.1, -0.05) is 0 Å². The first kappa shape index (κ1) is 82.9. The number of H-pyrrole nitrogens is 1. The Balaban J connectivity index is -0.0000000762. The van der Waals surface area contributed by atoms with Crippen LogP contribution in [0.25, 0.3) is 0 Å². The summed E-state index contributed by atoms with van der Waals surface area (Å²) in [7, 11) is 6.83. The number of esters is 1. The molecule has 0 aliphatic carbocycles. The number of amides is 3. The molecule has 14 N–H and O–H groups in total. The maximum absolute atomic E-state index is 10.0. The summed E-state index contributed by atoms with van der Waals surface area (Å²) in [6.07, 6.45) is 0. The van der Waals surface area contributed by atoms with Gasteiger partial charge in [0.25, 0.3) is 0 Å². The Morgan fingerprint density at radius 2 is 1.23 bits per heavy atom. The van der Waals surface area contributed by atoms with E-state index in [9.17, 15) is 28.5 Å². The second kappa shape index (κ2) is 63.9. The number of hydrogen-bond acceptors (Lipinski definition) is 22. The molecular weight excluding hydrogens is 1120 g/mol. The molecule has 0 saturated heterocycles. The fraction of sp³-hybridized carbons (Fsp3) is 0.571. The van der Waals surface area contributed by atoms with Crippen LogP contribution in [0.5, 0.6) is 0 Å². The van der Waals surface area contributed by atoms with E-state index in [-0.39, 0.29) is 41.4 Å². The number of rotatable bonds is 2. The summed E-state index contributed by atoms with van der Waals surface area (Å²) < 4.78 is 18.8. The lowest BCUT2D eigenvalue weighted by atomic mass is 10.7. The fourth-order valence-electron chi connectivity index (χ4n) is 1.66. The number of ether oxygens (including phenoxy) is 1. The SMILES string of the molecule is CC(=N)N.CC(=O)Cl.CC(=O)NN.CC(=O)NNC(C)=O.CCO.CCOC(C)=O.Cc1n[nH]c(C)n1.Cc1nnc(C)o1.Cc1nnc(C)s1.NN.O=P(Cl)(Cl)Cl.S=PP=S=S=S=S. The molecule has 65 heavy (non-hydrogen) atoms. The molecule has 0 spiro atoms. The second-order valence-corrected chi connectivity index (χ2v) is 27.7.